The minimum absolute atomic E-state index is 0.0742. The second kappa shape index (κ2) is 4.81. The lowest BCUT2D eigenvalue weighted by atomic mass is 9.90. The van der Waals surface area contributed by atoms with Crippen molar-refractivity contribution in [3.8, 4) is 0 Å². The molecular weight excluding hydrogens is 296 g/mol. The first kappa shape index (κ1) is 14.2. The van der Waals surface area contributed by atoms with Gasteiger partial charge in [0.2, 0.25) is 0 Å². The van der Waals surface area contributed by atoms with Crippen LogP contribution in [0.2, 0.25) is 0 Å². The molecule has 1 atom stereocenters. The Balaban J connectivity index is 1.48. The normalized spacial score (nSPS) is 22.5. The predicted molar refractivity (Wildman–Crippen MR) is 82.1 cm³/mol. The van der Waals surface area contributed by atoms with Gasteiger partial charge in [0.05, 0.1) is 5.92 Å². The van der Waals surface area contributed by atoms with Crippen molar-refractivity contribution in [1.82, 2.24) is 9.88 Å². The number of aromatic nitrogens is 1. The van der Waals surface area contributed by atoms with E-state index in [0.717, 1.165) is 25.0 Å². The van der Waals surface area contributed by atoms with E-state index in [1.807, 2.05) is 19.1 Å². The molecule has 3 heterocycles. The number of fused-ring (bicyclic) bond motifs is 1. The van der Waals surface area contributed by atoms with Crippen LogP contribution >= 0.6 is 0 Å². The third kappa shape index (κ3) is 2.29. The summed E-state index contributed by atoms with van der Waals surface area (Å²) >= 11 is 0. The summed E-state index contributed by atoms with van der Waals surface area (Å²) in [6.45, 7) is 3.07. The fourth-order valence-corrected chi connectivity index (χ4v) is 3.69. The maximum Gasteiger partial charge on any atom is 0.307 e. The Morgan fingerprint density at radius 1 is 1.35 bits per heavy atom. The van der Waals surface area contributed by atoms with Crippen molar-refractivity contribution in [2.45, 2.75) is 26.2 Å². The molecule has 0 aromatic carbocycles. The SMILES string of the molecule is Cc1ccc2oc(C(=O)N3CCC4(CC3)CC4C(=O)O)cc2n1. The van der Waals surface area contributed by atoms with E-state index >= 15 is 0 Å². The lowest BCUT2D eigenvalue weighted by Gasteiger charge is -2.32. The van der Waals surface area contributed by atoms with Crippen LogP contribution in [0.1, 0.15) is 35.5 Å². The van der Waals surface area contributed by atoms with Gasteiger partial charge in [-0.2, -0.15) is 0 Å². The van der Waals surface area contributed by atoms with Gasteiger partial charge in [-0.15, -0.1) is 0 Å². The number of carboxylic acid groups (broad SMARTS) is 1. The van der Waals surface area contributed by atoms with Crippen molar-refractivity contribution in [1.29, 1.82) is 0 Å². The number of hydrogen-bond donors (Lipinski definition) is 1. The maximum absolute atomic E-state index is 12.6. The molecule has 1 aliphatic heterocycles. The summed E-state index contributed by atoms with van der Waals surface area (Å²) in [6.07, 6.45) is 2.26. The first-order valence-corrected chi connectivity index (χ1v) is 7.88. The fourth-order valence-electron chi connectivity index (χ4n) is 3.69. The molecule has 1 N–H and O–H groups in total. The highest BCUT2D eigenvalue weighted by atomic mass is 16.4. The number of piperidine rings is 1. The molecule has 1 saturated carbocycles. The number of carboxylic acids is 1. The standard InChI is InChI=1S/C17H18N2O4/c1-10-2-3-13-12(18-10)8-14(23-13)15(20)19-6-4-17(5-7-19)9-11(17)16(21)22/h2-3,8,11H,4-7,9H2,1H3,(H,21,22). The monoisotopic (exact) mass is 314 g/mol. The number of furan rings is 1. The Morgan fingerprint density at radius 2 is 2.09 bits per heavy atom. The van der Waals surface area contributed by atoms with E-state index in [9.17, 15) is 9.59 Å². The van der Waals surface area contributed by atoms with E-state index in [1.165, 1.54) is 0 Å². The summed E-state index contributed by atoms with van der Waals surface area (Å²) in [7, 11) is 0. The van der Waals surface area contributed by atoms with Gasteiger partial charge in [-0.05, 0) is 43.7 Å². The average molecular weight is 314 g/mol. The molecule has 1 spiro atoms. The summed E-state index contributed by atoms with van der Waals surface area (Å²) in [4.78, 5) is 29.8. The number of amides is 1. The van der Waals surface area contributed by atoms with Gasteiger partial charge in [0.15, 0.2) is 11.3 Å². The minimum atomic E-state index is -0.705. The van der Waals surface area contributed by atoms with Crippen LogP contribution in [-0.4, -0.2) is 40.0 Å². The summed E-state index contributed by atoms with van der Waals surface area (Å²) in [5.74, 6) is -0.760. The van der Waals surface area contributed by atoms with Crippen molar-refractivity contribution in [3.63, 3.8) is 0 Å². The summed E-state index contributed by atoms with van der Waals surface area (Å²) in [6, 6.07) is 5.36. The summed E-state index contributed by atoms with van der Waals surface area (Å²) in [5, 5.41) is 9.12. The number of hydrogen-bond acceptors (Lipinski definition) is 4. The van der Waals surface area contributed by atoms with E-state index in [0.29, 0.717) is 29.9 Å². The van der Waals surface area contributed by atoms with Gasteiger partial charge in [0, 0.05) is 24.8 Å². The van der Waals surface area contributed by atoms with Crippen LogP contribution in [0.25, 0.3) is 11.1 Å². The molecule has 120 valence electrons. The molecule has 6 heteroatoms. The molecule has 1 amide bonds. The smallest absolute Gasteiger partial charge is 0.307 e. The topological polar surface area (TPSA) is 83.6 Å². The third-order valence-corrected chi connectivity index (χ3v) is 5.26. The average Bonchev–Trinajstić information content (AvgIpc) is 3.06. The molecule has 1 saturated heterocycles. The molecule has 2 fully saturated rings. The van der Waals surface area contributed by atoms with Crippen LogP contribution in [-0.2, 0) is 4.79 Å². The van der Waals surface area contributed by atoms with Crippen molar-refractivity contribution >= 4 is 23.0 Å². The van der Waals surface area contributed by atoms with E-state index in [1.54, 1.807) is 11.0 Å². The predicted octanol–water partition coefficient (Wildman–Crippen LogP) is 2.46. The van der Waals surface area contributed by atoms with Crippen molar-refractivity contribution < 1.29 is 19.1 Å². The molecule has 0 radical (unpaired) electrons. The van der Waals surface area contributed by atoms with Crippen LogP contribution in [0.15, 0.2) is 22.6 Å². The first-order valence-electron chi connectivity index (χ1n) is 7.88. The van der Waals surface area contributed by atoms with Gasteiger partial charge in [0.25, 0.3) is 5.91 Å². The molecule has 6 nitrogen and oxygen atoms in total. The number of aryl methyl sites for hydroxylation is 1. The Hall–Kier alpha value is -2.37. The van der Waals surface area contributed by atoms with E-state index in [-0.39, 0.29) is 17.2 Å². The second-order valence-corrected chi connectivity index (χ2v) is 6.70. The number of carbonyl (C=O) groups excluding carboxylic acids is 1. The number of aliphatic carboxylic acids is 1. The molecule has 23 heavy (non-hydrogen) atoms. The highest BCUT2D eigenvalue weighted by Gasteiger charge is 2.59. The fraction of sp³-hybridized carbons (Fsp3) is 0.471. The lowest BCUT2D eigenvalue weighted by Crippen LogP contribution is -2.39. The van der Waals surface area contributed by atoms with Crippen LogP contribution in [0.5, 0.6) is 0 Å². The van der Waals surface area contributed by atoms with Crippen LogP contribution in [0, 0.1) is 18.3 Å². The number of pyridine rings is 1. The van der Waals surface area contributed by atoms with Gasteiger partial charge in [-0.3, -0.25) is 9.59 Å². The molecule has 1 aliphatic carbocycles. The van der Waals surface area contributed by atoms with Gasteiger partial charge in [0.1, 0.15) is 5.52 Å². The zero-order valence-corrected chi connectivity index (χ0v) is 12.9. The summed E-state index contributed by atoms with van der Waals surface area (Å²) < 4.78 is 5.62. The van der Waals surface area contributed by atoms with E-state index in [2.05, 4.69) is 4.98 Å². The first-order chi connectivity index (χ1) is 11.0. The molecule has 2 aromatic rings. The number of carbonyl (C=O) groups is 2. The Bertz CT molecular complexity index is 802. The highest BCUT2D eigenvalue weighted by Crippen LogP contribution is 2.59. The van der Waals surface area contributed by atoms with E-state index in [4.69, 9.17) is 9.52 Å². The molecule has 0 bridgehead atoms. The molecule has 2 aromatic heterocycles. The van der Waals surface area contributed by atoms with Crippen LogP contribution in [0.4, 0.5) is 0 Å². The van der Waals surface area contributed by atoms with Crippen molar-refractivity contribution in [2.24, 2.45) is 11.3 Å². The van der Waals surface area contributed by atoms with E-state index < -0.39 is 5.97 Å². The second-order valence-electron chi connectivity index (χ2n) is 6.70. The number of nitrogens with zero attached hydrogens (tertiary/aromatic N) is 2. The van der Waals surface area contributed by atoms with Crippen LogP contribution < -0.4 is 0 Å². The summed E-state index contributed by atoms with van der Waals surface area (Å²) in [5.41, 5.74) is 2.11. The highest BCUT2D eigenvalue weighted by molar-refractivity contribution is 5.95. The molecule has 1 unspecified atom stereocenters. The minimum Gasteiger partial charge on any atom is -0.481 e. The molecular formula is C17H18N2O4. The van der Waals surface area contributed by atoms with Crippen molar-refractivity contribution in [2.75, 3.05) is 13.1 Å². The Labute approximate surface area is 133 Å². The molecule has 2 aliphatic rings. The zero-order valence-electron chi connectivity index (χ0n) is 12.9. The van der Waals surface area contributed by atoms with Crippen LogP contribution in [0.3, 0.4) is 0 Å². The van der Waals surface area contributed by atoms with Gasteiger partial charge in [-0.1, -0.05) is 0 Å². The molecule has 4 rings (SSSR count). The number of likely N-dealkylation sites (tertiary alicyclic amines) is 1. The quantitative estimate of drug-likeness (QED) is 0.920. The van der Waals surface area contributed by atoms with Crippen molar-refractivity contribution in [3.05, 3.63) is 29.7 Å². The van der Waals surface area contributed by atoms with Gasteiger partial charge < -0.3 is 14.4 Å². The largest absolute Gasteiger partial charge is 0.481 e. The van der Waals surface area contributed by atoms with Gasteiger partial charge >= 0.3 is 5.97 Å². The number of rotatable bonds is 2. The Morgan fingerprint density at radius 3 is 2.74 bits per heavy atom. The maximum atomic E-state index is 12.6. The lowest BCUT2D eigenvalue weighted by molar-refractivity contribution is -0.139. The third-order valence-electron chi connectivity index (χ3n) is 5.26. The zero-order chi connectivity index (χ0) is 16.2. The van der Waals surface area contributed by atoms with Gasteiger partial charge in [-0.25, -0.2) is 4.98 Å². The Kier molecular flexibility index (Phi) is 2.98.